The summed E-state index contributed by atoms with van der Waals surface area (Å²) >= 11 is 0. The van der Waals surface area contributed by atoms with Gasteiger partial charge in [-0.15, -0.1) is 0 Å². The fourth-order valence-corrected chi connectivity index (χ4v) is 3.89. The van der Waals surface area contributed by atoms with E-state index in [-0.39, 0.29) is 17.1 Å². The summed E-state index contributed by atoms with van der Waals surface area (Å²) in [4.78, 5) is 12.1. The van der Waals surface area contributed by atoms with Gasteiger partial charge in [0.05, 0.1) is 17.1 Å². The van der Waals surface area contributed by atoms with Crippen LogP contribution < -0.4 is 10.6 Å². The van der Waals surface area contributed by atoms with Gasteiger partial charge in [-0.2, -0.15) is 4.31 Å². The number of halogens is 2. The maximum absolute atomic E-state index is 13.5. The zero-order valence-electron chi connectivity index (χ0n) is 15.0. The predicted molar refractivity (Wildman–Crippen MR) is 100 cm³/mol. The van der Waals surface area contributed by atoms with Crippen LogP contribution in [-0.4, -0.2) is 38.3 Å². The van der Waals surface area contributed by atoms with Crippen LogP contribution in [0.25, 0.3) is 0 Å². The Balaban J connectivity index is 2.00. The Hall–Kier alpha value is -2.52. The Morgan fingerprint density at radius 3 is 2.26 bits per heavy atom. The van der Waals surface area contributed by atoms with Crippen LogP contribution in [0.1, 0.15) is 13.8 Å². The Morgan fingerprint density at radius 1 is 1.04 bits per heavy atom. The maximum atomic E-state index is 13.5. The zero-order chi connectivity index (χ0) is 20.0. The van der Waals surface area contributed by atoms with Crippen LogP contribution in [0.3, 0.4) is 0 Å². The second-order valence-corrected chi connectivity index (χ2v) is 7.58. The van der Waals surface area contributed by atoms with Gasteiger partial charge in [0.25, 0.3) is 0 Å². The van der Waals surface area contributed by atoms with Gasteiger partial charge in [0.1, 0.15) is 11.6 Å². The largest absolute Gasteiger partial charge is 0.374 e. The van der Waals surface area contributed by atoms with Crippen LogP contribution in [0.5, 0.6) is 0 Å². The van der Waals surface area contributed by atoms with Crippen LogP contribution >= 0.6 is 0 Å². The number of nitrogens with zero attached hydrogens (tertiary/aromatic N) is 1. The number of benzene rings is 2. The molecule has 0 saturated carbocycles. The maximum Gasteiger partial charge on any atom is 0.243 e. The molecule has 0 aliphatic heterocycles. The van der Waals surface area contributed by atoms with Crippen LogP contribution in [-0.2, 0) is 14.8 Å². The number of sulfonamides is 1. The summed E-state index contributed by atoms with van der Waals surface area (Å²) in [6.45, 7) is 3.95. The van der Waals surface area contributed by atoms with Crippen molar-refractivity contribution < 1.29 is 22.0 Å². The standard InChI is InChI=1S/C18H21F2N3O3S/c1-3-23(4-2)27(25,26)15-8-6-14(7-9-15)22-18(24)12-21-17-11-13(19)5-10-16(17)20/h5-11,21H,3-4,12H2,1-2H3,(H,22,24). The number of nitrogens with one attached hydrogen (secondary N) is 2. The van der Waals surface area contributed by atoms with E-state index in [1.807, 2.05) is 0 Å². The lowest BCUT2D eigenvalue weighted by atomic mass is 10.3. The highest BCUT2D eigenvalue weighted by atomic mass is 32.2. The molecule has 2 aromatic rings. The molecule has 0 spiro atoms. The first-order chi connectivity index (χ1) is 12.8. The quantitative estimate of drug-likeness (QED) is 0.718. The molecule has 1 amide bonds. The lowest BCUT2D eigenvalue weighted by molar-refractivity contribution is -0.114. The van der Waals surface area contributed by atoms with Crippen molar-refractivity contribution in [1.82, 2.24) is 4.31 Å². The van der Waals surface area contributed by atoms with Gasteiger partial charge in [-0.1, -0.05) is 13.8 Å². The molecule has 146 valence electrons. The first-order valence-corrected chi connectivity index (χ1v) is 9.81. The molecule has 0 aromatic heterocycles. The molecule has 6 nitrogen and oxygen atoms in total. The molecule has 0 radical (unpaired) electrons. The molecular weight excluding hydrogens is 376 g/mol. The topological polar surface area (TPSA) is 78.5 Å². The van der Waals surface area contributed by atoms with Crippen LogP contribution in [0.2, 0.25) is 0 Å². The number of amides is 1. The fraction of sp³-hybridized carbons (Fsp3) is 0.278. The van der Waals surface area contributed by atoms with Crippen molar-refractivity contribution in [2.45, 2.75) is 18.7 Å². The average Bonchev–Trinajstić information content (AvgIpc) is 2.63. The van der Waals surface area contributed by atoms with E-state index in [4.69, 9.17) is 0 Å². The lowest BCUT2D eigenvalue weighted by Crippen LogP contribution is -2.30. The van der Waals surface area contributed by atoms with E-state index in [9.17, 15) is 22.0 Å². The third-order valence-corrected chi connectivity index (χ3v) is 5.91. The highest BCUT2D eigenvalue weighted by Crippen LogP contribution is 2.18. The van der Waals surface area contributed by atoms with Gasteiger partial charge >= 0.3 is 0 Å². The molecule has 0 aliphatic rings. The molecule has 0 heterocycles. The molecule has 0 atom stereocenters. The molecule has 0 fully saturated rings. The minimum atomic E-state index is -3.57. The monoisotopic (exact) mass is 397 g/mol. The second kappa shape index (κ2) is 8.92. The van der Waals surface area contributed by atoms with Crippen molar-refractivity contribution in [1.29, 1.82) is 0 Å². The van der Waals surface area contributed by atoms with Gasteiger partial charge in [-0.25, -0.2) is 17.2 Å². The zero-order valence-corrected chi connectivity index (χ0v) is 15.8. The summed E-state index contributed by atoms with van der Waals surface area (Å²) in [6, 6.07) is 8.65. The average molecular weight is 397 g/mol. The van der Waals surface area contributed by atoms with Gasteiger partial charge in [-0.3, -0.25) is 4.79 Å². The van der Waals surface area contributed by atoms with Crippen molar-refractivity contribution in [2.24, 2.45) is 0 Å². The van der Waals surface area contributed by atoms with Gasteiger partial charge in [0.15, 0.2) is 0 Å². The summed E-state index contributed by atoms with van der Waals surface area (Å²) in [5.41, 5.74) is 0.269. The number of rotatable bonds is 8. The number of carbonyl (C=O) groups is 1. The molecule has 0 saturated heterocycles. The molecule has 9 heteroatoms. The first-order valence-electron chi connectivity index (χ1n) is 8.37. The minimum Gasteiger partial charge on any atom is -0.374 e. The molecule has 27 heavy (non-hydrogen) atoms. The highest BCUT2D eigenvalue weighted by Gasteiger charge is 2.21. The second-order valence-electron chi connectivity index (χ2n) is 5.64. The third-order valence-electron chi connectivity index (χ3n) is 3.85. The van der Waals surface area contributed by atoms with E-state index in [1.165, 1.54) is 28.6 Å². The third kappa shape index (κ3) is 5.24. The molecule has 2 N–H and O–H groups in total. The van der Waals surface area contributed by atoms with Gasteiger partial charge < -0.3 is 10.6 Å². The van der Waals surface area contributed by atoms with Crippen molar-refractivity contribution in [3.8, 4) is 0 Å². The van der Waals surface area contributed by atoms with E-state index in [0.29, 0.717) is 18.8 Å². The first kappa shape index (κ1) is 20.8. The van der Waals surface area contributed by atoms with Gasteiger partial charge in [-0.05, 0) is 42.5 Å². The van der Waals surface area contributed by atoms with Gasteiger partial charge in [0.2, 0.25) is 15.9 Å². The number of carbonyl (C=O) groups excluding carboxylic acids is 1. The van der Waals surface area contributed by atoms with Gasteiger partial charge in [0, 0.05) is 18.8 Å². The molecule has 0 bridgehead atoms. The molecule has 2 rings (SSSR count). The summed E-state index contributed by atoms with van der Waals surface area (Å²) in [5.74, 6) is -1.78. The molecule has 0 unspecified atom stereocenters. The number of hydrogen-bond donors (Lipinski definition) is 2. The Kier molecular flexibility index (Phi) is 6.86. The minimum absolute atomic E-state index is 0.120. The van der Waals surface area contributed by atoms with Crippen molar-refractivity contribution in [2.75, 3.05) is 30.3 Å². The summed E-state index contributed by atoms with van der Waals surface area (Å²) < 4.78 is 52.8. The van der Waals surface area contributed by atoms with Crippen LogP contribution in [0.15, 0.2) is 47.4 Å². The molecular formula is C18H21F2N3O3S. The Labute approximate surface area is 157 Å². The van der Waals surface area contributed by atoms with E-state index in [1.54, 1.807) is 13.8 Å². The Bertz CT molecular complexity index is 899. The summed E-state index contributed by atoms with van der Waals surface area (Å²) in [5, 5.41) is 5.07. The molecule has 0 aliphatic carbocycles. The van der Waals surface area contributed by atoms with Crippen molar-refractivity contribution in [3.05, 3.63) is 54.1 Å². The normalized spacial score (nSPS) is 11.4. The van der Waals surface area contributed by atoms with Crippen LogP contribution in [0.4, 0.5) is 20.2 Å². The number of anilines is 2. The molecule has 2 aromatic carbocycles. The highest BCUT2D eigenvalue weighted by molar-refractivity contribution is 7.89. The van der Waals surface area contributed by atoms with Crippen LogP contribution in [0, 0.1) is 11.6 Å². The Morgan fingerprint density at radius 2 is 1.67 bits per heavy atom. The summed E-state index contributed by atoms with van der Waals surface area (Å²) in [7, 11) is -3.57. The lowest BCUT2D eigenvalue weighted by Gasteiger charge is -2.18. The SMILES string of the molecule is CCN(CC)S(=O)(=O)c1ccc(NC(=O)CNc2cc(F)ccc2F)cc1. The summed E-state index contributed by atoms with van der Waals surface area (Å²) in [6.07, 6.45) is 0. The van der Waals surface area contributed by atoms with E-state index in [2.05, 4.69) is 10.6 Å². The van der Waals surface area contributed by atoms with Crippen molar-refractivity contribution >= 4 is 27.3 Å². The van der Waals surface area contributed by atoms with E-state index in [0.717, 1.165) is 18.2 Å². The van der Waals surface area contributed by atoms with E-state index >= 15 is 0 Å². The fourth-order valence-electron chi connectivity index (χ4n) is 2.44. The number of hydrogen-bond acceptors (Lipinski definition) is 4. The van der Waals surface area contributed by atoms with E-state index < -0.39 is 27.6 Å². The predicted octanol–water partition coefficient (Wildman–Crippen LogP) is 3.05. The van der Waals surface area contributed by atoms with Crippen molar-refractivity contribution in [3.63, 3.8) is 0 Å². The smallest absolute Gasteiger partial charge is 0.243 e.